The number of hydrogen-bond acceptors (Lipinski definition) is 3. The number of nitrogens with one attached hydrogen (secondary N) is 1. The maximum atomic E-state index is 12.4. The van der Waals surface area contributed by atoms with Gasteiger partial charge in [-0.2, -0.15) is 0 Å². The zero-order valence-corrected chi connectivity index (χ0v) is 12.5. The van der Waals surface area contributed by atoms with Gasteiger partial charge in [0.25, 0.3) is 10.0 Å². The lowest BCUT2D eigenvalue weighted by Crippen LogP contribution is -2.25. The van der Waals surface area contributed by atoms with Crippen LogP contribution in [0.5, 0.6) is 0 Å². The Kier molecular flexibility index (Phi) is 5.25. The van der Waals surface area contributed by atoms with E-state index in [1.54, 1.807) is 18.2 Å². The van der Waals surface area contributed by atoms with Gasteiger partial charge in [-0.3, -0.25) is 0 Å². The first-order chi connectivity index (χ1) is 10.1. The van der Waals surface area contributed by atoms with Gasteiger partial charge in [0.05, 0.1) is 0 Å². The molecule has 1 N–H and O–H groups in total. The minimum atomic E-state index is -3.61. The highest BCUT2D eigenvalue weighted by atomic mass is 32.2. The second-order valence-electron chi connectivity index (χ2n) is 4.61. The predicted octanol–water partition coefficient (Wildman–Crippen LogP) is 2.68. The molecular weight excluding hydrogens is 284 g/mol. The maximum absolute atomic E-state index is 12.4. The minimum Gasteiger partial charge on any atom is -0.243 e. The Balaban J connectivity index is 2.17. The summed E-state index contributed by atoms with van der Waals surface area (Å²) < 4.78 is 27.4. The third-order valence-corrected chi connectivity index (χ3v) is 4.43. The van der Waals surface area contributed by atoms with Crippen LogP contribution in [-0.2, 0) is 23.0 Å². The molecule has 0 amide bonds. The van der Waals surface area contributed by atoms with Crippen LogP contribution in [-0.4, -0.2) is 13.4 Å². The maximum Gasteiger partial charge on any atom is 0.258 e. The summed E-state index contributed by atoms with van der Waals surface area (Å²) in [7, 11) is -3.61. The molecule has 0 aliphatic carbocycles. The molecule has 0 radical (unpaired) electrons. The molecule has 0 saturated heterocycles. The third-order valence-electron chi connectivity index (χ3n) is 3.03. The summed E-state index contributed by atoms with van der Waals surface area (Å²) in [6, 6.07) is 12.9. The average molecular weight is 302 g/mol. The predicted molar refractivity (Wildman–Crippen MR) is 83.2 cm³/mol. The van der Waals surface area contributed by atoms with Gasteiger partial charge < -0.3 is 0 Å². The van der Waals surface area contributed by atoms with E-state index >= 15 is 0 Å². The Labute approximate surface area is 125 Å². The molecule has 2 aromatic rings. The highest BCUT2D eigenvalue weighted by Gasteiger charge is 2.19. The molecule has 1 aromatic heterocycles. The van der Waals surface area contributed by atoms with Gasteiger partial charge in [-0.15, -0.1) is 6.58 Å². The molecule has 0 bridgehead atoms. The van der Waals surface area contributed by atoms with Crippen molar-refractivity contribution in [1.29, 1.82) is 0 Å². The first kappa shape index (κ1) is 15.4. The highest BCUT2D eigenvalue weighted by Crippen LogP contribution is 2.14. The van der Waals surface area contributed by atoms with E-state index in [1.165, 1.54) is 6.20 Å². The summed E-state index contributed by atoms with van der Waals surface area (Å²) in [5.41, 5.74) is 1.61. The van der Waals surface area contributed by atoms with Gasteiger partial charge in [0.1, 0.15) is 0 Å². The molecule has 4 nitrogen and oxygen atoms in total. The number of pyridine rings is 1. The van der Waals surface area contributed by atoms with Crippen LogP contribution in [0.25, 0.3) is 0 Å². The molecule has 0 unspecified atom stereocenters. The second-order valence-corrected chi connectivity index (χ2v) is 6.29. The lowest BCUT2D eigenvalue weighted by Gasteiger charge is -2.10. The SMILES string of the molecule is C=CCCc1cccnc1S(=O)(=O)NCc1ccccc1. The van der Waals surface area contributed by atoms with E-state index in [0.29, 0.717) is 18.4 Å². The normalized spacial score (nSPS) is 11.2. The molecule has 0 atom stereocenters. The van der Waals surface area contributed by atoms with Gasteiger partial charge >= 0.3 is 0 Å². The van der Waals surface area contributed by atoms with E-state index in [-0.39, 0.29) is 11.6 Å². The van der Waals surface area contributed by atoms with E-state index in [2.05, 4.69) is 16.3 Å². The molecule has 2 rings (SSSR count). The van der Waals surface area contributed by atoms with Gasteiger partial charge in [0, 0.05) is 12.7 Å². The first-order valence-corrected chi connectivity index (χ1v) is 8.20. The Morgan fingerprint density at radius 1 is 1.14 bits per heavy atom. The fourth-order valence-electron chi connectivity index (χ4n) is 1.96. The van der Waals surface area contributed by atoms with Crippen LogP contribution < -0.4 is 4.72 Å². The van der Waals surface area contributed by atoms with Crippen molar-refractivity contribution in [2.45, 2.75) is 24.4 Å². The van der Waals surface area contributed by atoms with Crippen molar-refractivity contribution in [3.8, 4) is 0 Å². The Bertz CT molecular complexity index is 697. The molecule has 21 heavy (non-hydrogen) atoms. The number of allylic oxidation sites excluding steroid dienone is 1. The van der Waals surface area contributed by atoms with Gasteiger partial charge in [0.2, 0.25) is 0 Å². The molecule has 5 heteroatoms. The van der Waals surface area contributed by atoms with Crippen molar-refractivity contribution in [1.82, 2.24) is 9.71 Å². The third kappa shape index (κ3) is 4.24. The molecule has 0 aliphatic heterocycles. The van der Waals surface area contributed by atoms with Crippen LogP contribution in [0.4, 0.5) is 0 Å². The standard InChI is InChI=1S/C16H18N2O2S/c1-2-3-10-15-11-7-12-17-16(15)21(19,20)18-13-14-8-5-4-6-9-14/h2,4-9,11-12,18H,1,3,10,13H2. The monoisotopic (exact) mass is 302 g/mol. The Morgan fingerprint density at radius 3 is 2.62 bits per heavy atom. The minimum absolute atomic E-state index is 0.0998. The zero-order valence-electron chi connectivity index (χ0n) is 11.7. The fourth-order valence-corrected chi connectivity index (χ4v) is 3.16. The summed E-state index contributed by atoms with van der Waals surface area (Å²) in [6.07, 6.45) is 4.58. The van der Waals surface area contributed by atoms with E-state index in [0.717, 1.165) is 5.56 Å². The number of aryl methyl sites for hydroxylation is 1. The molecule has 0 saturated carbocycles. The molecular formula is C16H18N2O2S. The van der Waals surface area contributed by atoms with Crippen molar-refractivity contribution in [2.24, 2.45) is 0 Å². The number of hydrogen-bond donors (Lipinski definition) is 1. The van der Waals surface area contributed by atoms with Crippen molar-refractivity contribution in [3.63, 3.8) is 0 Å². The number of sulfonamides is 1. The van der Waals surface area contributed by atoms with Gasteiger partial charge in [-0.1, -0.05) is 42.5 Å². The number of nitrogens with zero attached hydrogens (tertiary/aromatic N) is 1. The summed E-state index contributed by atoms with van der Waals surface area (Å²) in [5, 5.41) is 0.0998. The molecule has 1 heterocycles. The fraction of sp³-hybridized carbons (Fsp3) is 0.188. The lowest BCUT2D eigenvalue weighted by molar-refractivity contribution is 0.575. The van der Waals surface area contributed by atoms with E-state index in [1.807, 2.05) is 30.3 Å². The van der Waals surface area contributed by atoms with Crippen LogP contribution in [0.2, 0.25) is 0 Å². The van der Waals surface area contributed by atoms with Gasteiger partial charge in [0.15, 0.2) is 5.03 Å². The molecule has 110 valence electrons. The van der Waals surface area contributed by atoms with Crippen LogP contribution in [0.3, 0.4) is 0 Å². The number of aromatic nitrogens is 1. The van der Waals surface area contributed by atoms with Crippen molar-refractivity contribution in [3.05, 3.63) is 72.4 Å². The van der Waals surface area contributed by atoms with Gasteiger partial charge in [-0.25, -0.2) is 18.1 Å². The van der Waals surface area contributed by atoms with Gasteiger partial charge in [-0.05, 0) is 30.0 Å². The Morgan fingerprint density at radius 2 is 1.90 bits per heavy atom. The van der Waals surface area contributed by atoms with Crippen LogP contribution >= 0.6 is 0 Å². The molecule has 0 fully saturated rings. The summed E-state index contributed by atoms with van der Waals surface area (Å²) in [4.78, 5) is 4.03. The number of rotatable bonds is 7. The van der Waals surface area contributed by atoms with E-state index in [9.17, 15) is 8.42 Å². The molecule has 0 spiro atoms. The second kappa shape index (κ2) is 7.15. The average Bonchev–Trinajstić information content (AvgIpc) is 2.52. The summed E-state index contributed by atoms with van der Waals surface area (Å²) >= 11 is 0. The van der Waals surface area contributed by atoms with Crippen molar-refractivity contribution in [2.75, 3.05) is 0 Å². The van der Waals surface area contributed by atoms with Crippen molar-refractivity contribution >= 4 is 10.0 Å². The largest absolute Gasteiger partial charge is 0.258 e. The smallest absolute Gasteiger partial charge is 0.243 e. The highest BCUT2D eigenvalue weighted by molar-refractivity contribution is 7.89. The summed E-state index contributed by atoms with van der Waals surface area (Å²) in [5.74, 6) is 0. The Hall–Kier alpha value is -1.98. The van der Waals surface area contributed by atoms with Crippen LogP contribution in [0.15, 0.2) is 66.3 Å². The van der Waals surface area contributed by atoms with Crippen LogP contribution in [0, 0.1) is 0 Å². The number of benzene rings is 1. The quantitative estimate of drug-likeness (QED) is 0.800. The van der Waals surface area contributed by atoms with Crippen LogP contribution in [0.1, 0.15) is 17.5 Å². The van der Waals surface area contributed by atoms with Crippen molar-refractivity contribution < 1.29 is 8.42 Å². The summed E-state index contributed by atoms with van der Waals surface area (Å²) in [6.45, 7) is 3.91. The zero-order chi connectivity index (χ0) is 15.1. The van der Waals surface area contributed by atoms with E-state index < -0.39 is 10.0 Å². The topological polar surface area (TPSA) is 59.1 Å². The first-order valence-electron chi connectivity index (χ1n) is 6.72. The van der Waals surface area contributed by atoms with E-state index in [4.69, 9.17) is 0 Å². The molecule has 1 aromatic carbocycles. The lowest BCUT2D eigenvalue weighted by atomic mass is 10.1. The molecule has 0 aliphatic rings.